The van der Waals surface area contributed by atoms with E-state index in [-0.39, 0.29) is 11.6 Å². The van der Waals surface area contributed by atoms with Gasteiger partial charge in [0.15, 0.2) is 0 Å². The topological polar surface area (TPSA) is 0 Å². The van der Waals surface area contributed by atoms with Crippen LogP contribution < -0.4 is 0 Å². The molecule has 0 fully saturated rings. The second-order valence-corrected chi connectivity index (χ2v) is 14.9. The van der Waals surface area contributed by atoms with Gasteiger partial charge in [-0.2, -0.15) is 0 Å². The molecule has 0 aliphatic heterocycles. The second-order valence-electron chi connectivity index (χ2n) is 14.9. The molecule has 2 aliphatic rings. The molecule has 0 heterocycles. The Labute approximate surface area is 308 Å². The van der Waals surface area contributed by atoms with E-state index in [9.17, 15) is 0 Å². The van der Waals surface area contributed by atoms with Crippen LogP contribution in [0.4, 0.5) is 8.78 Å². The molecule has 0 saturated heterocycles. The van der Waals surface area contributed by atoms with Crippen molar-refractivity contribution in [3.05, 3.63) is 169 Å². The summed E-state index contributed by atoms with van der Waals surface area (Å²) in [7, 11) is 0. The number of hydrogen-bond donors (Lipinski definition) is 0. The molecule has 54 heavy (non-hydrogen) atoms. The molecule has 2 heteroatoms. The fourth-order valence-electron chi connectivity index (χ4n) is 10.2. The Kier molecular flexibility index (Phi) is 5.28. The largest absolute Gasteiger partial charge is 0.206 e. The number of hydrogen-bond acceptors (Lipinski definition) is 0. The van der Waals surface area contributed by atoms with E-state index in [0.717, 1.165) is 109 Å². The van der Waals surface area contributed by atoms with Gasteiger partial charge in [-0.15, -0.1) is 0 Å². The smallest absolute Gasteiger partial charge is 0.139 e. The van der Waals surface area contributed by atoms with Crippen LogP contribution in [-0.4, -0.2) is 0 Å². The highest BCUT2D eigenvalue weighted by molar-refractivity contribution is 6.43. The molecule has 0 atom stereocenters. The summed E-state index contributed by atoms with van der Waals surface area (Å²) in [5.74, 6) is -0.348. The highest BCUT2D eigenvalue weighted by atomic mass is 19.1. The molecule has 0 saturated carbocycles. The lowest BCUT2D eigenvalue weighted by Gasteiger charge is -2.22. The van der Waals surface area contributed by atoms with Gasteiger partial charge in [0.25, 0.3) is 0 Å². The average molecular weight is 689 g/mol. The molecule has 0 bridgehead atoms. The lowest BCUT2D eigenvalue weighted by Crippen LogP contribution is -1.94. The monoisotopic (exact) mass is 688 g/mol. The molecule has 248 valence electrons. The molecule has 2 aliphatic carbocycles. The normalized spacial score (nSPS) is 12.6. The zero-order chi connectivity index (χ0) is 35.4. The van der Waals surface area contributed by atoms with Crippen LogP contribution in [0.1, 0.15) is 0 Å². The predicted molar refractivity (Wildman–Crippen MR) is 222 cm³/mol. The highest BCUT2D eigenvalue weighted by Gasteiger charge is 2.34. The van der Waals surface area contributed by atoms with Gasteiger partial charge in [0.2, 0.25) is 0 Å². The van der Waals surface area contributed by atoms with E-state index in [1.54, 1.807) is 0 Å². The van der Waals surface area contributed by atoms with E-state index >= 15 is 8.78 Å². The molecule has 0 spiro atoms. The molecule has 0 nitrogen and oxygen atoms in total. The first kappa shape index (κ1) is 28.7. The van der Waals surface area contributed by atoms with Crippen LogP contribution in [0.15, 0.2) is 158 Å². The maximum absolute atomic E-state index is 16.9. The fourth-order valence-corrected chi connectivity index (χ4v) is 10.2. The Hall–Kier alpha value is -6.90. The maximum atomic E-state index is 16.9. The maximum Gasteiger partial charge on any atom is 0.139 e. The van der Waals surface area contributed by atoms with Crippen LogP contribution in [0.5, 0.6) is 0 Å². The van der Waals surface area contributed by atoms with Gasteiger partial charge in [-0.05, 0) is 134 Å². The van der Waals surface area contributed by atoms with E-state index in [2.05, 4.69) is 97.1 Å². The summed E-state index contributed by atoms with van der Waals surface area (Å²) in [5.41, 5.74) is 11.6. The van der Waals surface area contributed by atoms with Crippen LogP contribution in [0.25, 0.3) is 131 Å². The minimum atomic E-state index is -0.175. The molecule has 13 rings (SSSR count). The lowest BCUT2D eigenvalue weighted by atomic mass is 9.81. The summed E-state index contributed by atoms with van der Waals surface area (Å²) in [6.07, 6.45) is 0. The van der Waals surface area contributed by atoms with Crippen molar-refractivity contribution in [3.8, 4) is 66.8 Å². The van der Waals surface area contributed by atoms with E-state index < -0.39 is 0 Å². The number of fused-ring (bicyclic) bond motifs is 10. The molecule has 11 aromatic rings. The van der Waals surface area contributed by atoms with Crippen molar-refractivity contribution in [2.75, 3.05) is 0 Å². The molecule has 0 aromatic heterocycles. The summed E-state index contributed by atoms with van der Waals surface area (Å²) < 4.78 is 33.8. The Morgan fingerprint density at radius 1 is 0.259 bits per heavy atom. The van der Waals surface area contributed by atoms with Crippen LogP contribution in [0.2, 0.25) is 0 Å². The first-order chi connectivity index (χ1) is 26.7. The van der Waals surface area contributed by atoms with Crippen LogP contribution in [0, 0.1) is 11.6 Å². The standard InChI is InChI=1S/C52H26F2/c53-51-31-17-9-8-16-30(31)24-40-41-25-37(27-11-3-1-4-12-27)44-35-20-19-33-39-23-29-15-7-10-18-32(29)52(54)48(39)42-26-38(28-13-5-2-6-14-28)45(49(35)43(33)42)36-22-21-34(47(40)51)46(41)50(36)44/h1-26H. The SMILES string of the molecule is Fc1c2c(cc3ccccc13)-c1cc(-c3ccccc3)c3c4ccc5c6c(cc(-c7ccccc7)c(c7ccc-2c1c73)c64)-c1c-5cc2ccccc2c1F. The average Bonchev–Trinajstić information content (AvgIpc) is 3.73. The Balaban J connectivity index is 1.29. The van der Waals surface area contributed by atoms with Crippen molar-refractivity contribution in [1.29, 1.82) is 0 Å². The van der Waals surface area contributed by atoms with Crippen molar-refractivity contribution < 1.29 is 8.78 Å². The van der Waals surface area contributed by atoms with Crippen LogP contribution in [-0.2, 0) is 0 Å². The Morgan fingerprint density at radius 2 is 0.704 bits per heavy atom. The molecule has 11 aromatic carbocycles. The van der Waals surface area contributed by atoms with Gasteiger partial charge in [0.1, 0.15) is 11.6 Å². The summed E-state index contributed by atoms with van der Waals surface area (Å²) in [4.78, 5) is 0. The van der Waals surface area contributed by atoms with Crippen LogP contribution in [0.3, 0.4) is 0 Å². The van der Waals surface area contributed by atoms with Gasteiger partial charge in [0, 0.05) is 21.9 Å². The van der Waals surface area contributed by atoms with E-state index in [0.29, 0.717) is 21.9 Å². The summed E-state index contributed by atoms with van der Waals surface area (Å²) in [6.45, 7) is 0. The third kappa shape index (κ3) is 3.38. The number of rotatable bonds is 2. The first-order valence-electron chi connectivity index (χ1n) is 18.5. The number of benzene rings is 11. The minimum absolute atomic E-state index is 0.173. The zero-order valence-corrected chi connectivity index (χ0v) is 28.8. The van der Waals surface area contributed by atoms with Crippen molar-refractivity contribution >= 4 is 64.6 Å². The highest BCUT2D eigenvalue weighted by Crippen LogP contribution is 2.60. The predicted octanol–water partition coefficient (Wildman–Crippen LogP) is 15.0. The van der Waals surface area contributed by atoms with Gasteiger partial charge >= 0.3 is 0 Å². The van der Waals surface area contributed by atoms with E-state index in [1.165, 1.54) is 0 Å². The first-order valence-corrected chi connectivity index (χ1v) is 18.5. The van der Waals surface area contributed by atoms with E-state index in [4.69, 9.17) is 0 Å². The van der Waals surface area contributed by atoms with Gasteiger partial charge in [0.05, 0.1) is 0 Å². The second kappa shape index (κ2) is 9.95. The summed E-state index contributed by atoms with van der Waals surface area (Å²) in [6, 6.07) is 54.3. The van der Waals surface area contributed by atoms with Gasteiger partial charge < -0.3 is 0 Å². The van der Waals surface area contributed by atoms with Crippen molar-refractivity contribution in [2.45, 2.75) is 0 Å². The molecular weight excluding hydrogens is 663 g/mol. The Bertz CT molecular complexity index is 3460. The quantitative estimate of drug-likeness (QED) is 0.125. The van der Waals surface area contributed by atoms with Crippen molar-refractivity contribution in [3.63, 3.8) is 0 Å². The molecule has 0 amide bonds. The fraction of sp³-hybridized carbons (Fsp3) is 0. The van der Waals surface area contributed by atoms with Crippen LogP contribution >= 0.6 is 0 Å². The lowest BCUT2D eigenvalue weighted by molar-refractivity contribution is 0.643. The summed E-state index contributed by atoms with van der Waals surface area (Å²) in [5, 5.41) is 12.1. The molecule has 0 radical (unpaired) electrons. The molecular formula is C52H26F2. The van der Waals surface area contributed by atoms with Gasteiger partial charge in [-0.1, -0.05) is 133 Å². The Morgan fingerprint density at radius 3 is 1.28 bits per heavy atom. The molecule has 0 N–H and O–H groups in total. The molecule has 0 unspecified atom stereocenters. The van der Waals surface area contributed by atoms with Crippen molar-refractivity contribution in [1.82, 2.24) is 0 Å². The zero-order valence-electron chi connectivity index (χ0n) is 28.8. The third-order valence-electron chi connectivity index (χ3n) is 12.4. The van der Waals surface area contributed by atoms with Gasteiger partial charge in [-0.3, -0.25) is 0 Å². The summed E-state index contributed by atoms with van der Waals surface area (Å²) >= 11 is 0. The number of halogens is 2. The third-order valence-corrected chi connectivity index (χ3v) is 12.4. The van der Waals surface area contributed by atoms with Crippen molar-refractivity contribution in [2.24, 2.45) is 0 Å². The minimum Gasteiger partial charge on any atom is -0.206 e. The van der Waals surface area contributed by atoms with E-state index in [1.807, 2.05) is 60.7 Å². The van der Waals surface area contributed by atoms with Gasteiger partial charge in [-0.25, -0.2) is 8.78 Å².